The summed E-state index contributed by atoms with van der Waals surface area (Å²) in [5, 5.41) is 1.67. The van der Waals surface area contributed by atoms with Crippen molar-refractivity contribution in [2.45, 2.75) is 13.2 Å². The number of carbonyl (C=O) groups is 1. The van der Waals surface area contributed by atoms with Crippen LogP contribution in [-0.2, 0) is 17.9 Å². The summed E-state index contributed by atoms with van der Waals surface area (Å²) in [5.74, 6) is 1.64. The van der Waals surface area contributed by atoms with Gasteiger partial charge in [-0.05, 0) is 94.5 Å². The van der Waals surface area contributed by atoms with E-state index in [0.717, 1.165) is 20.4 Å². The molecule has 0 saturated carbocycles. The number of furan rings is 1. The van der Waals surface area contributed by atoms with Crippen LogP contribution >= 0.6 is 57.6 Å². The van der Waals surface area contributed by atoms with Gasteiger partial charge in [0, 0.05) is 15.6 Å². The van der Waals surface area contributed by atoms with Crippen LogP contribution in [0.25, 0.3) is 6.08 Å². The van der Waals surface area contributed by atoms with Crippen molar-refractivity contribution in [2.75, 3.05) is 7.11 Å². The van der Waals surface area contributed by atoms with Gasteiger partial charge in [0.25, 0.3) is 5.91 Å². The van der Waals surface area contributed by atoms with E-state index in [1.54, 1.807) is 36.5 Å². The van der Waals surface area contributed by atoms with Gasteiger partial charge in [-0.3, -0.25) is 9.69 Å². The largest absolute Gasteiger partial charge is 0.493 e. The third-order valence-corrected chi connectivity index (χ3v) is 8.09. The number of halogens is 3. The lowest BCUT2D eigenvalue weighted by Gasteiger charge is -2.15. The Balaban J connectivity index is 1.42. The number of hydrogen-bond donors (Lipinski definition) is 0. The average Bonchev–Trinajstić information content (AvgIpc) is 3.54. The molecule has 198 valence electrons. The molecular formula is C29H21Cl2IN2O4S. The lowest BCUT2D eigenvalue weighted by Crippen LogP contribution is -2.28. The average molecular weight is 691 g/mol. The standard InChI is InChI=1S/C29H21Cl2IN2O4S/c1-36-25-13-18(12-24(32)27(25)38-17-19-9-10-20(30)15-23(19)31)14-26-28(35)34(16-22-8-5-11-37-22)29(39-26)33-21-6-3-2-4-7-21/h2-15H,16-17H2,1H3/b26-14-,33-29?. The van der Waals surface area contributed by atoms with Crippen molar-refractivity contribution in [3.63, 3.8) is 0 Å². The molecule has 1 saturated heterocycles. The second kappa shape index (κ2) is 12.5. The normalized spacial score (nSPS) is 15.4. The van der Waals surface area contributed by atoms with E-state index in [0.29, 0.717) is 37.4 Å². The van der Waals surface area contributed by atoms with E-state index in [1.165, 1.54) is 11.8 Å². The molecule has 4 aromatic rings. The number of nitrogens with zero attached hydrogens (tertiary/aromatic N) is 2. The van der Waals surface area contributed by atoms with Crippen LogP contribution in [0.15, 0.2) is 93.4 Å². The smallest absolute Gasteiger partial charge is 0.267 e. The number of carbonyl (C=O) groups excluding carboxylic acids is 1. The Hall–Kier alpha value is -2.92. The summed E-state index contributed by atoms with van der Waals surface area (Å²) in [5.41, 5.74) is 2.36. The molecule has 0 N–H and O–H groups in total. The SMILES string of the molecule is COc1cc(/C=C2\SC(=Nc3ccccc3)N(Cc3ccco3)C2=O)cc(I)c1OCc1ccc(Cl)cc1Cl. The highest BCUT2D eigenvalue weighted by atomic mass is 127. The topological polar surface area (TPSA) is 64.3 Å². The molecule has 1 fully saturated rings. The molecule has 39 heavy (non-hydrogen) atoms. The fraction of sp³-hybridized carbons (Fsp3) is 0.103. The first-order valence-electron chi connectivity index (χ1n) is 11.7. The van der Waals surface area contributed by atoms with Crippen LogP contribution in [-0.4, -0.2) is 23.1 Å². The Kier molecular flexibility index (Phi) is 8.86. The van der Waals surface area contributed by atoms with E-state index < -0.39 is 0 Å². The van der Waals surface area contributed by atoms with Crippen molar-refractivity contribution >= 4 is 80.4 Å². The Morgan fingerprint density at radius 3 is 2.62 bits per heavy atom. The Bertz CT molecular complexity index is 1560. The van der Waals surface area contributed by atoms with Gasteiger partial charge in [-0.15, -0.1) is 0 Å². The van der Waals surface area contributed by atoms with Gasteiger partial charge in [0.15, 0.2) is 16.7 Å². The Labute approximate surface area is 253 Å². The van der Waals surface area contributed by atoms with Crippen molar-refractivity contribution in [3.05, 3.63) is 114 Å². The molecule has 1 amide bonds. The second-order valence-corrected chi connectivity index (χ2v) is 11.4. The molecule has 0 spiro atoms. The van der Waals surface area contributed by atoms with Crippen LogP contribution in [0.3, 0.4) is 0 Å². The van der Waals surface area contributed by atoms with Gasteiger partial charge in [0.1, 0.15) is 12.4 Å². The quantitative estimate of drug-likeness (QED) is 0.137. The van der Waals surface area contributed by atoms with Crippen LogP contribution in [0.5, 0.6) is 11.5 Å². The van der Waals surface area contributed by atoms with Crippen molar-refractivity contribution in [3.8, 4) is 11.5 Å². The molecule has 0 aliphatic carbocycles. The van der Waals surface area contributed by atoms with E-state index in [9.17, 15) is 4.79 Å². The van der Waals surface area contributed by atoms with E-state index in [1.807, 2.05) is 60.7 Å². The predicted molar refractivity (Wildman–Crippen MR) is 165 cm³/mol. The Morgan fingerprint density at radius 2 is 1.90 bits per heavy atom. The van der Waals surface area contributed by atoms with Crippen molar-refractivity contribution in [1.29, 1.82) is 0 Å². The number of amides is 1. The van der Waals surface area contributed by atoms with Gasteiger partial charge in [-0.1, -0.05) is 47.5 Å². The van der Waals surface area contributed by atoms with Gasteiger partial charge in [0.2, 0.25) is 0 Å². The highest BCUT2D eigenvalue weighted by Crippen LogP contribution is 2.39. The van der Waals surface area contributed by atoms with Crippen LogP contribution in [0.1, 0.15) is 16.9 Å². The lowest BCUT2D eigenvalue weighted by molar-refractivity contribution is -0.122. The summed E-state index contributed by atoms with van der Waals surface area (Å²) in [6, 6.07) is 22.2. The minimum absolute atomic E-state index is 0.155. The second-order valence-electron chi connectivity index (χ2n) is 8.37. The molecular weight excluding hydrogens is 670 g/mol. The van der Waals surface area contributed by atoms with Gasteiger partial charge in [0.05, 0.1) is 34.1 Å². The fourth-order valence-electron chi connectivity index (χ4n) is 3.81. The molecule has 2 heterocycles. The number of benzene rings is 3. The fourth-order valence-corrected chi connectivity index (χ4v) is 6.05. The lowest BCUT2D eigenvalue weighted by atomic mass is 10.1. The summed E-state index contributed by atoms with van der Waals surface area (Å²) < 4.78 is 18.0. The minimum Gasteiger partial charge on any atom is -0.493 e. The Morgan fingerprint density at radius 1 is 1.08 bits per heavy atom. The number of para-hydroxylation sites is 1. The first kappa shape index (κ1) is 27.6. The third kappa shape index (κ3) is 6.63. The molecule has 0 bridgehead atoms. The first-order chi connectivity index (χ1) is 18.9. The number of rotatable bonds is 8. The molecule has 1 aliphatic rings. The summed E-state index contributed by atoms with van der Waals surface area (Å²) >= 11 is 15.8. The number of ether oxygens (including phenoxy) is 2. The van der Waals surface area contributed by atoms with Gasteiger partial charge in [-0.25, -0.2) is 4.99 Å². The predicted octanol–water partition coefficient (Wildman–Crippen LogP) is 8.58. The molecule has 0 radical (unpaired) electrons. The van der Waals surface area contributed by atoms with E-state index in [-0.39, 0.29) is 19.1 Å². The molecule has 0 unspecified atom stereocenters. The molecule has 1 aromatic heterocycles. The van der Waals surface area contributed by atoms with Crippen LogP contribution < -0.4 is 9.47 Å². The monoisotopic (exact) mass is 690 g/mol. The van der Waals surface area contributed by atoms with Gasteiger partial charge >= 0.3 is 0 Å². The third-order valence-electron chi connectivity index (χ3n) is 5.70. The van der Waals surface area contributed by atoms with E-state index >= 15 is 0 Å². The first-order valence-corrected chi connectivity index (χ1v) is 14.4. The zero-order valence-corrected chi connectivity index (χ0v) is 25.1. The molecule has 10 heteroatoms. The van der Waals surface area contributed by atoms with Gasteiger partial charge in [-0.2, -0.15) is 0 Å². The minimum atomic E-state index is -0.155. The maximum Gasteiger partial charge on any atom is 0.267 e. The molecule has 0 atom stereocenters. The summed E-state index contributed by atoms with van der Waals surface area (Å²) in [6.07, 6.45) is 3.42. The summed E-state index contributed by atoms with van der Waals surface area (Å²) in [7, 11) is 1.58. The highest BCUT2D eigenvalue weighted by Gasteiger charge is 2.34. The maximum atomic E-state index is 13.5. The molecule has 3 aromatic carbocycles. The molecule has 1 aliphatic heterocycles. The van der Waals surface area contributed by atoms with Crippen molar-refractivity contribution in [1.82, 2.24) is 4.90 Å². The van der Waals surface area contributed by atoms with E-state index in [4.69, 9.17) is 42.1 Å². The molecule has 6 nitrogen and oxygen atoms in total. The van der Waals surface area contributed by atoms with Crippen molar-refractivity contribution in [2.24, 2.45) is 4.99 Å². The zero-order valence-electron chi connectivity index (χ0n) is 20.6. The van der Waals surface area contributed by atoms with Crippen molar-refractivity contribution < 1.29 is 18.7 Å². The summed E-state index contributed by atoms with van der Waals surface area (Å²) in [6.45, 7) is 0.529. The summed E-state index contributed by atoms with van der Waals surface area (Å²) in [4.78, 5) is 20.4. The van der Waals surface area contributed by atoms with Crippen LogP contribution in [0.2, 0.25) is 10.0 Å². The van der Waals surface area contributed by atoms with Gasteiger partial charge < -0.3 is 13.9 Å². The van der Waals surface area contributed by atoms with Crippen LogP contribution in [0, 0.1) is 3.57 Å². The number of thioether (sulfide) groups is 1. The molecule has 5 rings (SSSR count). The number of amidine groups is 1. The number of hydrogen-bond acceptors (Lipinski definition) is 6. The zero-order chi connectivity index (χ0) is 27.4. The maximum absolute atomic E-state index is 13.5. The number of methoxy groups -OCH3 is 1. The highest BCUT2D eigenvalue weighted by molar-refractivity contribution is 14.1. The van der Waals surface area contributed by atoms with Crippen LogP contribution in [0.4, 0.5) is 5.69 Å². The van der Waals surface area contributed by atoms with E-state index in [2.05, 4.69) is 22.6 Å². The number of aliphatic imine (C=N–C) groups is 1.